The molecule has 1 aliphatic carbocycles. The molecule has 1 heterocycles. The van der Waals surface area contributed by atoms with Crippen LogP contribution in [0.1, 0.15) is 35.6 Å². The van der Waals surface area contributed by atoms with Crippen LogP contribution in [0.15, 0.2) is 48.8 Å². The van der Waals surface area contributed by atoms with E-state index in [1.165, 1.54) is 35.2 Å². The van der Waals surface area contributed by atoms with Crippen LogP contribution in [0, 0.1) is 13.8 Å². The van der Waals surface area contributed by atoms with Crippen molar-refractivity contribution in [2.24, 2.45) is 0 Å². The van der Waals surface area contributed by atoms with Crippen molar-refractivity contribution in [1.29, 1.82) is 0 Å². The van der Waals surface area contributed by atoms with Gasteiger partial charge in [0.2, 0.25) is 5.95 Å². The molecule has 134 valence electrons. The van der Waals surface area contributed by atoms with Crippen LogP contribution in [0.2, 0.25) is 0 Å². The van der Waals surface area contributed by atoms with E-state index in [4.69, 9.17) is 0 Å². The number of nitrogens with one attached hydrogen (secondary N) is 1. The first-order valence-corrected chi connectivity index (χ1v) is 9.14. The van der Waals surface area contributed by atoms with Crippen LogP contribution in [-0.4, -0.2) is 21.8 Å². The lowest BCUT2D eigenvalue weighted by atomic mass is 10.0. The molecular weight excluding hydrogens is 322 g/mol. The SMILES string of the molecule is Cc1cc(CN(C)c2ccccc2)cc(Nc2ncn(C3CC3)n2)c1C. The zero-order valence-electron chi connectivity index (χ0n) is 15.6. The number of hydrogen-bond acceptors (Lipinski definition) is 4. The fraction of sp³-hybridized carbons (Fsp3) is 0.333. The number of rotatable bonds is 6. The van der Waals surface area contributed by atoms with E-state index in [1.54, 1.807) is 0 Å². The van der Waals surface area contributed by atoms with Gasteiger partial charge in [0.05, 0.1) is 6.04 Å². The molecule has 3 aromatic rings. The van der Waals surface area contributed by atoms with E-state index in [0.29, 0.717) is 12.0 Å². The molecule has 26 heavy (non-hydrogen) atoms. The van der Waals surface area contributed by atoms with Gasteiger partial charge >= 0.3 is 0 Å². The Balaban J connectivity index is 1.54. The van der Waals surface area contributed by atoms with Crippen molar-refractivity contribution in [3.8, 4) is 0 Å². The molecule has 2 aromatic carbocycles. The van der Waals surface area contributed by atoms with Crippen molar-refractivity contribution in [2.45, 2.75) is 39.3 Å². The lowest BCUT2D eigenvalue weighted by molar-refractivity contribution is 0.641. The van der Waals surface area contributed by atoms with Crippen LogP contribution in [0.5, 0.6) is 0 Å². The fourth-order valence-electron chi connectivity index (χ4n) is 3.17. The summed E-state index contributed by atoms with van der Waals surface area (Å²) in [6.45, 7) is 5.15. The maximum absolute atomic E-state index is 4.56. The predicted molar refractivity (Wildman–Crippen MR) is 106 cm³/mol. The average molecular weight is 347 g/mol. The number of aryl methyl sites for hydroxylation is 1. The van der Waals surface area contributed by atoms with E-state index in [2.05, 4.69) is 77.6 Å². The highest BCUT2D eigenvalue weighted by atomic mass is 15.4. The van der Waals surface area contributed by atoms with Crippen molar-refractivity contribution >= 4 is 17.3 Å². The van der Waals surface area contributed by atoms with Gasteiger partial charge in [-0.05, 0) is 61.6 Å². The van der Waals surface area contributed by atoms with E-state index in [-0.39, 0.29) is 0 Å². The molecule has 0 amide bonds. The van der Waals surface area contributed by atoms with Crippen LogP contribution in [0.25, 0.3) is 0 Å². The second-order valence-corrected chi connectivity index (χ2v) is 7.18. The molecule has 1 N–H and O–H groups in total. The second kappa shape index (κ2) is 6.83. The summed E-state index contributed by atoms with van der Waals surface area (Å²) in [6, 6.07) is 15.5. The molecule has 0 unspecified atom stereocenters. The van der Waals surface area contributed by atoms with Crippen molar-refractivity contribution < 1.29 is 0 Å². The third-order valence-electron chi connectivity index (χ3n) is 5.02. The largest absolute Gasteiger partial charge is 0.370 e. The summed E-state index contributed by atoms with van der Waals surface area (Å²) in [6.07, 6.45) is 4.25. The summed E-state index contributed by atoms with van der Waals surface area (Å²) in [7, 11) is 2.12. The minimum atomic E-state index is 0.548. The third-order valence-corrected chi connectivity index (χ3v) is 5.02. The molecule has 5 nitrogen and oxygen atoms in total. The molecule has 1 saturated carbocycles. The van der Waals surface area contributed by atoms with Crippen LogP contribution in [-0.2, 0) is 6.54 Å². The number of hydrogen-bond donors (Lipinski definition) is 1. The molecule has 5 heteroatoms. The van der Waals surface area contributed by atoms with Gasteiger partial charge in [-0.15, -0.1) is 5.10 Å². The molecule has 4 rings (SSSR count). The number of aromatic nitrogens is 3. The number of nitrogens with zero attached hydrogens (tertiary/aromatic N) is 4. The Hall–Kier alpha value is -2.82. The van der Waals surface area contributed by atoms with Gasteiger partial charge in [0.1, 0.15) is 6.33 Å². The first-order chi connectivity index (χ1) is 12.6. The summed E-state index contributed by atoms with van der Waals surface area (Å²) in [5.41, 5.74) is 6.07. The smallest absolute Gasteiger partial charge is 0.246 e. The lowest BCUT2D eigenvalue weighted by Gasteiger charge is -2.21. The van der Waals surface area contributed by atoms with Gasteiger partial charge < -0.3 is 10.2 Å². The zero-order chi connectivity index (χ0) is 18.1. The second-order valence-electron chi connectivity index (χ2n) is 7.18. The quantitative estimate of drug-likeness (QED) is 0.707. The van der Waals surface area contributed by atoms with Crippen molar-refractivity contribution in [3.63, 3.8) is 0 Å². The van der Waals surface area contributed by atoms with Gasteiger partial charge in [-0.25, -0.2) is 9.67 Å². The molecule has 1 aromatic heterocycles. The van der Waals surface area contributed by atoms with Crippen LogP contribution >= 0.6 is 0 Å². The number of benzene rings is 2. The molecule has 0 atom stereocenters. The van der Waals surface area contributed by atoms with E-state index in [9.17, 15) is 0 Å². The Morgan fingerprint density at radius 1 is 1.15 bits per heavy atom. The van der Waals surface area contributed by atoms with Crippen molar-refractivity contribution in [2.75, 3.05) is 17.3 Å². The maximum atomic E-state index is 4.56. The normalized spacial score (nSPS) is 13.7. The Morgan fingerprint density at radius 2 is 1.92 bits per heavy atom. The predicted octanol–water partition coefficient (Wildman–Crippen LogP) is 4.61. The minimum absolute atomic E-state index is 0.548. The first-order valence-electron chi connectivity index (χ1n) is 9.14. The van der Waals surface area contributed by atoms with Crippen LogP contribution in [0.4, 0.5) is 17.3 Å². The summed E-state index contributed by atoms with van der Waals surface area (Å²) in [4.78, 5) is 6.67. The summed E-state index contributed by atoms with van der Waals surface area (Å²) < 4.78 is 1.97. The lowest BCUT2D eigenvalue weighted by Crippen LogP contribution is -2.16. The number of para-hydroxylation sites is 1. The van der Waals surface area contributed by atoms with E-state index < -0.39 is 0 Å². The van der Waals surface area contributed by atoms with E-state index in [1.807, 2.05) is 17.1 Å². The van der Waals surface area contributed by atoms with Crippen LogP contribution in [0.3, 0.4) is 0 Å². The minimum Gasteiger partial charge on any atom is -0.370 e. The van der Waals surface area contributed by atoms with Gasteiger partial charge in [0.15, 0.2) is 0 Å². The summed E-state index contributed by atoms with van der Waals surface area (Å²) >= 11 is 0. The Kier molecular flexibility index (Phi) is 4.37. The van der Waals surface area contributed by atoms with Gasteiger partial charge in [-0.3, -0.25) is 0 Å². The van der Waals surface area contributed by atoms with Crippen molar-refractivity contribution in [1.82, 2.24) is 14.8 Å². The van der Waals surface area contributed by atoms with Crippen molar-refractivity contribution in [3.05, 3.63) is 65.5 Å². The molecule has 0 spiro atoms. The third kappa shape index (κ3) is 3.57. The zero-order valence-corrected chi connectivity index (χ0v) is 15.6. The topological polar surface area (TPSA) is 46.0 Å². The monoisotopic (exact) mass is 347 g/mol. The van der Waals surface area contributed by atoms with Gasteiger partial charge in [0, 0.05) is 25.0 Å². The molecular formula is C21H25N5. The van der Waals surface area contributed by atoms with Crippen LogP contribution < -0.4 is 10.2 Å². The molecule has 1 aliphatic rings. The fourth-order valence-corrected chi connectivity index (χ4v) is 3.17. The molecule has 0 aliphatic heterocycles. The highest BCUT2D eigenvalue weighted by molar-refractivity contribution is 5.62. The Bertz CT molecular complexity index is 896. The standard InChI is InChI=1S/C21H25N5/c1-15-11-17(13-25(3)18-7-5-4-6-8-18)12-20(16(15)2)23-21-22-14-26(24-21)19-9-10-19/h4-8,11-12,14,19H,9-10,13H2,1-3H3,(H,23,24). The molecule has 0 bridgehead atoms. The number of anilines is 3. The van der Waals surface area contributed by atoms with E-state index in [0.717, 1.165) is 12.2 Å². The maximum Gasteiger partial charge on any atom is 0.246 e. The summed E-state index contributed by atoms with van der Waals surface area (Å²) in [5, 5.41) is 7.97. The highest BCUT2D eigenvalue weighted by Gasteiger charge is 2.24. The summed E-state index contributed by atoms with van der Waals surface area (Å²) in [5.74, 6) is 0.674. The molecule has 0 saturated heterocycles. The molecule has 1 fully saturated rings. The Labute approximate surface area is 154 Å². The van der Waals surface area contributed by atoms with E-state index >= 15 is 0 Å². The van der Waals surface area contributed by atoms with Gasteiger partial charge in [-0.1, -0.05) is 24.3 Å². The average Bonchev–Trinajstić information content (AvgIpc) is 3.39. The Morgan fingerprint density at radius 3 is 2.65 bits per heavy atom. The molecule has 0 radical (unpaired) electrons. The first kappa shape index (κ1) is 16.6. The highest BCUT2D eigenvalue weighted by Crippen LogP contribution is 2.34. The van der Waals surface area contributed by atoms with Gasteiger partial charge in [0.25, 0.3) is 0 Å². The van der Waals surface area contributed by atoms with Gasteiger partial charge in [-0.2, -0.15) is 0 Å².